The van der Waals surface area contributed by atoms with Crippen LogP contribution in [0.25, 0.3) is 0 Å². The summed E-state index contributed by atoms with van der Waals surface area (Å²) < 4.78 is 0. The molecule has 0 amide bonds. The molecule has 0 aliphatic rings. The summed E-state index contributed by atoms with van der Waals surface area (Å²) in [6.45, 7) is 3.45. The van der Waals surface area contributed by atoms with Gasteiger partial charge in [-0.05, 0) is 20.1 Å². The van der Waals surface area contributed by atoms with Gasteiger partial charge in [-0.3, -0.25) is 4.98 Å². The van der Waals surface area contributed by atoms with Crippen LogP contribution >= 0.6 is 11.8 Å². The Bertz CT molecular complexity index is 326. The van der Waals surface area contributed by atoms with Gasteiger partial charge in [-0.2, -0.15) is 0 Å². The SMILES string of the molecule is CSc1c(C)nc(C)c(O)c1CO. The fourth-order valence-corrected chi connectivity index (χ4v) is 2.07. The maximum Gasteiger partial charge on any atom is 0.143 e. The molecule has 4 heteroatoms. The molecule has 0 radical (unpaired) electrons. The predicted octanol–water partition coefficient (Wildman–Crippen LogP) is 1.62. The third-order valence-electron chi connectivity index (χ3n) is 1.93. The zero-order valence-electron chi connectivity index (χ0n) is 7.96. The van der Waals surface area contributed by atoms with Crippen LogP contribution in [0.15, 0.2) is 4.90 Å². The summed E-state index contributed by atoms with van der Waals surface area (Å²) in [6.07, 6.45) is 1.90. The van der Waals surface area contributed by atoms with Crippen LogP contribution in [-0.2, 0) is 6.61 Å². The Morgan fingerprint density at radius 3 is 2.38 bits per heavy atom. The van der Waals surface area contributed by atoms with Gasteiger partial charge >= 0.3 is 0 Å². The number of aliphatic hydroxyl groups is 1. The molecule has 0 bridgehead atoms. The van der Waals surface area contributed by atoms with Crippen LogP contribution in [0.1, 0.15) is 17.0 Å². The number of rotatable bonds is 2. The van der Waals surface area contributed by atoms with E-state index in [0.29, 0.717) is 11.3 Å². The van der Waals surface area contributed by atoms with Gasteiger partial charge in [0.2, 0.25) is 0 Å². The fraction of sp³-hybridized carbons (Fsp3) is 0.444. The molecule has 1 rings (SSSR count). The highest BCUT2D eigenvalue weighted by atomic mass is 32.2. The zero-order chi connectivity index (χ0) is 10.0. The van der Waals surface area contributed by atoms with Gasteiger partial charge in [0, 0.05) is 10.5 Å². The second-order valence-corrected chi connectivity index (χ2v) is 3.62. The maximum atomic E-state index is 9.60. The second-order valence-electron chi connectivity index (χ2n) is 2.80. The standard InChI is InChI=1S/C9H13NO2S/c1-5-8(12)7(4-11)9(13-3)6(2)10-5/h11-12H,4H2,1-3H3. The van der Waals surface area contributed by atoms with Crippen LogP contribution in [0.2, 0.25) is 0 Å². The molecule has 0 unspecified atom stereocenters. The Labute approximate surface area is 81.8 Å². The predicted molar refractivity (Wildman–Crippen MR) is 53.1 cm³/mol. The fourth-order valence-electron chi connectivity index (χ4n) is 1.32. The monoisotopic (exact) mass is 199 g/mol. The molecule has 0 spiro atoms. The van der Waals surface area contributed by atoms with Gasteiger partial charge < -0.3 is 10.2 Å². The average molecular weight is 199 g/mol. The lowest BCUT2D eigenvalue weighted by molar-refractivity contribution is 0.271. The van der Waals surface area contributed by atoms with Crippen molar-refractivity contribution in [1.29, 1.82) is 0 Å². The number of nitrogens with zero attached hydrogens (tertiary/aromatic N) is 1. The normalized spacial score (nSPS) is 10.5. The summed E-state index contributed by atoms with van der Waals surface area (Å²) in [5, 5.41) is 18.7. The molecule has 0 aliphatic heterocycles. The smallest absolute Gasteiger partial charge is 0.143 e. The van der Waals surface area contributed by atoms with E-state index in [4.69, 9.17) is 5.11 Å². The van der Waals surface area contributed by atoms with Crippen LogP contribution in [-0.4, -0.2) is 21.5 Å². The molecule has 13 heavy (non-hydrogen) atoms. The van der Waals surface area contributed by atoms with E-state index in [1.807, 2.05) is 13.2 Å². The van der Waals surface area contributed by atoms with Crippen molar-refractivity contribution >= 4 is 11.8 Å². The number of pyridine rings is 1. The van der Waals surface area contributed by atoms with Crippen LogP contribution in [0.5, 0.6) is 5.75 Å². The van der Waals surface area contributed by atoms with Crippen molar-refractivity contribution in [2.24, 2.45) is 0 Å². The highest BCUT2D eigenvalue weighted by Crippen LogP contribution is 2.31. The first kappa shape index (κ1) is 10.3. The van der Waals surface area contributed by atoms with E-state index in [1.54, 1.807) is 6.92 Å². The molecule has 0 atom stereocenters. The van der Waals surface area contributed by atoms with E-state index in [1.165, 1.54) is 11.8 Å². The minimum atomic E-state index is -0.147. The summed E-state index contributed by atoms with van der Waals surface area (Å²) in [5.41, 5.74) is 2.00. The van der Waals surface area contributed by atoms with E-state index < -0.39 is 0 Å². The van der Waals surface area contributed by atoms with Gasteiger partial charge in [-0.25, -0.2) is 0 Å². The van der Waals surface area contributed by atoms with Gasteiger partial charge in [-0.1, -0.05) is 0 Å². The van der Waals surface area contributed by atoms with Gasteiger partial charge in [0.1, 0.15) is 5.75 Å². The zero-order valence-corrected chi connectivity index (χ0v) is 8.77. The number of aromatic nitrogens is 1. The van der Waals surface area contributed by atoms with Crippen molar-refractivity contribution in [2.75, 3.05) is 6.26 Å². The highest BCUT2D eigenvalue weighted by Gasteiger charge is 2.13. The van der Waals surface area contributed by atoms with Crippen molar-refractivity contribution in [3.8, 4) is 5.75 Å². The minimum Gasteiger partial charge on any atom is -0.506 e. The summed E-state index contributed by atoms with van der Waals surface area (Å²) in [6, 6.07) is 0. The first-order valence-electron chi connectivity index (χ1n) is 3.95. The molecular weight excluding hydrogens is 186 g/mol. The molecule has 0 saturated heterocycles. The van der Waals surface area contributed by atoms with Crippen molar-refractivity contribution < 1.29 is 10.2 Å². The Morgan fingerprint density at radius 2 is 1.92 bits per heavy atom. The Hall–Kier alpha value is -0.740. The van der Waals surface area contributed by atoms with Gasteiger partial charge in [-0.15, -0.1) is 11.8 Å². The van der Waals surface area contributed by atoms with Crippen molar-refractivity contribution in [2.45, 2.75) is 25.3 Å². The summed E-state index contributed by atoms with van der Waals surface area (Å²) in [7, 11) is 0. The lowest BCUT2D eigenvalue weighted by Gasteiger charge is -2.11. The number of hydrogen-bond donors (Lipinski definition) is 2. The Kier molecular flexibility index (Phi) is 3.17. The first-order valence-corrected chi connectivity index (χ1v) is 5.18. The molecule has 1 heterocycles. The van der Waals surface area contributed by atoms with E-state index in [-0.39, 0.29) is 12.4 Å². The van der Waals surface area contributed by atoms with Crippen LogP contribution < -0.4 is 0 Å². The minimum absolute atomic E-state index is 0.109. The number of aromatic hydroxyl groups is 1. The lowest BCUT2D eigenvalue weighted by Crippen LogP contribution is -1.97. The average Bonchev–Trinajstić information content (AvgIpc) is 2.10. The molecule has 3 nitrogen and oxygen atoms in total. The number of hydrogen-bond acceptors (Lipinski definition) is 4. The molecular formula is C9H13NO2S. The summed E-state index contributed by atoms with van der Waals surface area (Å²) >= 11 is 1.49. The summed E-state index contributed by atoms with van der Waals surface area (Å²) in [4.78, 5) is 5.04. The molecule has 0 aliphatic carbocycles. The van der Waals surface area contributed by atoms with Gasteiger partial charge in [0.15, 0.2) is 0 Å². The third-order valence-corrected chi connectivity index (χ3v) is 2.88. The summed E-state index contributed by atoms with van der Waals surface area (Å²) in [5.74, 6) is 0.109. The van der Waals surface area contributed by atoms with E-state index >= 15 is 0 Å². The van der Waals surface area contributed by atoms with Crippen LogP contribution in [0.3, 0.4) is 0 Å². The number of aliphatic hydroxyl groups excluding tert-OH is 1. The van der Waals surface area contributed by atoms with Gasteiger partial charge in [0.05, 0.1) is 18.0 Å². The van der Waals surface area contributed by atoms with Crippen LogP contribution in [0, 0.1) is 13.8 Å². The molecule has 1 aromatic heterocycles. The Morgan fingerprint density at radius 1 is 1.31 bits per heavy atom. The maximum absolute atomic E-state index is 9.60. The molecule has 72 valence electrons. The van der Waals surface area contributed by atoms with E-state index in [2.05, 4.69) is 4.98 Å². The largest absolute Gasteiger partial charge is 0.506 e. The van der Waals surface area contributed by atoms with E-state index in [0.717, 1.165) is 10.6 Å². The third kappa shape index (κ3) is 1.78. The number of aryl methyl sites for hydroxylation is 2. The highest BCUT2D eigenvalue weighted by molar-refractivity contribution is 7.98. The van der Waals surface area contributed by atoms with Crippen molar-refractivity contribution in [3.63, 3.8) is 0 Å². The Balaban J connectivity index is 3.41. The van der Waals surface area contributed by atoms with Crippen LogP contribution in [0.4, 0.5) is 0 Å². The van der Waals surface area contributed by atoms with E-state index in [9.17, 15) is 5.11 Å². The molecule has 0 saturated carbocycles. The molecule has 2 N–H and O–H groups in total. The molecule has 0 aromatic carbocycles. The van der Waals surface area contributed by atoms with Gasteiger partial charge in [0.25, 0.3) is 0 Å². The molecule has 1 aromatic rings. The lowest BCUT2D eigenvalue weighted by atomic mass is 10.2. The quantitative estimate of drug-likeness (QED) is 0.711. The second kappa shape index (κ2) is 3.98. The number of thioether (sulfide) groups is 1. The topological polar surface area (TPSA) is 53.4 Å². The van der Waals surface area contributed by atoms with Crippen molar-refractivity contribution in [3.05, 3.63) is 17.0 Å². The van der Waals surface area contributed by atoms with Crippen molar-refractivity contribution in [1.82, 2.24) is 4.98 Å². The first-order chi connectivity index (χ1) is 6.11. The molecule has 0 fully saturated rings.